The molecule has 5 nitrogen and oxygen atoms in total. The van der Waals surface area contributed by atoms with E-state index in [1.54, 1.807) is 54.7 Å². The summed E-state index contributed by atoms with van der Waals surface area (Å²) in [5, 5.41) is 23.5. The number of aromatic hydroxyl groups is 2. The van der Waals surface area contributed by atoms with Crippen molar-refractivity contribution in [1.82, 2.24) is 9.78 Å². The van der Waals surface area contributed by atoms with Gasteiger partial charge < -0.3 is 14.9 Å². The van der Waals surface area contributed by atoms with Crippen molar-refractivity contribution in [3.63, 3.8) is 0 Å². The van der Waals surface area contributed by atoms with Crippen molar-refractivity contribution in [2.75, 3.05) is 0 Å². The van der Waals surface area contributed by atoms with E-state index in [2.05, 4.69) is 5.10 Å². The normalized spacial score (nSPS) is 10.4. The molecule has 20 heavy (non-hydrogen) atoms. The van der Waals surface area contributed by atoms with Crippen molar-refractivity contribution in [2.24, 2.45) is 0 Å². The lowest BCUT2D eigenvalue weighted by Gasteiger charge is -2.05. The Morgan fingerprint density at radius 2 is 1.60 bits per heavy atom. The molecule has 0 aliphatic rings. The van der Waals surface area contributed by atoms with E-state index in [9.17, 15) is 10.2 Å². The van der Waals surface area contributed by atoms with Gasteiger partial charge in [-0.1, -0.05) is 24.3 Å². The summed E-state index contributed by atoms with van der Waals surface area (Å²) >= 11 is 0. The molecule has 5 heteroatoms. The molecule has 0 amide bonds. The van der Waals surface area contributed by atoms with Crippen LogP contribution in [-0.2, 0) is 0 Å². The van der Waals surface area contributed by atoms with Gasteiger partial charge in [-0.3, -0.25) is 0 Å². The Morgan fingerprint density at radius 3 is 2.35 bits per heavy atom. The maximum atomic E-state index is 9.77. The monoisotopic (exact) mass is 268 g/mol. The van der Waals surface area contributed by atoms with Gasteiger partial charge in [-0.15, -0.1) is 0 Å². The van der Waals surface area contributed by atoms with Gasteiger partial charge in [-0.2, -0.15) is 5.10 Å². The van der Waals surface area contributed by atoms with Crippen LogP contribution in [0.3, 0.4) is 0 Å². The predicted octanol–water partition coefficient (Wildman–Crippen LogP) is 3.08. The lowest BCUT2D eigenvalue weighted by atomic mass is 10.3. The lowest BCUT2D eigenvalue weighted by Crippen LogP contribution is -1.93. The number of rotatable bonds is 3. The third kappa shape index (κ3) is 2.29. The summed E-state index contributed by atoms with van der Waals surface area (Å²) in [6.07, 6.45) is 3.14. The molecule has 0 spiro atoms. The van der Waals surface area contributed by atoms with E-state index in [1.165, 1.54) is 10.9 Å². The summed E-state index contributed by atoms with van der Waals surface area (Å²) in [7, 11) is 0. The van der Waals surface area contributed by atoms with Gasteiger partial charge in [-0.25, -0.2) is 4.68 Å². The Bertz CT molecular complexity index is 737. The number of nitrogens with zero attached hydrogens (tertiary/aromatic N) is 2. The standard InChI is InChI=1S/C15H12N2O3/c18-13-6-2-1-5-12(13)17-10-11(9-16-17)20-15-8-4-3-7-14(15)19/h1-10,18-19H. The molecule has 0 unspecified atom stereocenters. The Kier molecular flexibility index (Phi) is 3.01. The van der Waals surface area contributed by atoms with E-state index in [-0.39, 0.29) is 11.5 Å². The quantitative estimate of drug-likeness (QED) is 0.766. The molecule has 2 N–H and O–H groups in total. The highest BCUT2D eigenvalue weighted by Crippen LogP contribution is 2.30. The summed E-state index contributed by atoms with van der Waals surface area (Å²) in [4.78, 5) is 0. The van der Waals surface area contributed by atoms with E-state index in [0.29, 0.717) is 17.2 Å². The fourth-order valence-electron chi connectivity index (χ4n) is 1.82. The zero-order chi connectivity index (χ0) is 13.9. The van der Waals surface area contributed by atoms with Crippen molar-refractivity contribution in [3.8, 4) is 28.7 Å². The lowest BCUT2D eigenvalue weighted by molar-refractivity contribution is 0.411. The Morgan fingerprint density at radius 1 is 0.900 bits per heavy atom. The third-order valence-corrected chi connectivity index (χ3v) is 2.78. The van der Waals surface area contributed by atoms with Crippen molar-refractivity contribution >= 4 is 0 Å². The molecule has 3 rings (SSSR count). The molecule has 0 aliphatic heterocycles. The first-order valence-electron chi connectivity index (χ1n) is 6.03. The average molecular weight is 268 g/mol. The first-order chi connectivity index (χ1) is 9.74. The number of para-hydroxylation sites is 4. The van der Waals surface area contributed by atoms with Crippen molar-refractivity contribution in [3.05, 3.63) is 60.9 Å². The van der Waals surface area contributed by atoms with E-state index >= 15 is 0 Å². The van der Waals surface area contributed by atoms with Gasteiger partial charge in [-0.05, 0) is 24.3 Å². The number of phenols is 2. The van der Waals surface area contributed by atoms with Gasteiger partial charge in [0.15, 0.2) is 17.2 Å². The highest BCUT2D eigenvalue weighted by molar-refractivity contribution is 5.46. The van der Waals surface area contributed by atoms with Crippen LogP contribution in [0.1, 0.15) is 0 Å². The van der Waals surface area contributed by atoms with Crippen LogP contribution in [0.15, 0.2) is 60.9 Å². The summed E-state index contributed by atoms with van der Waals surface area (Å²) < 4.78 is 7.04. The fourth-order valence-corrected chi connectivity index (χ4v) is 1.82. The molecule has 1 heterocycles. The van der Waals surface area contributed by atoms with Crippen LogP contribution in [0.2, 0.25) is 0 Å². The molecule has 100 valence electrons. The first-order valence-corrected chi connectivity index (χ1v) is 6.03. The third-order valence-electron chi connectivity index (χ3n) is 2.78. The molecule has 0 saturated carbocycles. The van der Waals surface area contributed by atoms with Gasteiger partial charge in [0.1, 0.15) is 11.4 Å². The molecule has 3 aromatic rings. The molecule has 0 bridgehead atoms. The smallest absolute Gasteiger partial charge is 0.169 e. The Balaban J connectivity index is 1.88. The van der Waals surface area contributed by atoms with Crippen LogP contribution in [0.4, 0.5) is 0 Å². The van der Waals surface area contributed by atoms with Crippen molar-refractivity contribution in [1.29, 1.82) is 0 Å². The topological polar surface area (TPSA) is 67.5 Å². The molecule has 0 aliphatic carbocycles. The first kappa shape index (κ1) is 12.1. The molecule has 0 fully saturated rings. The number of ether oxygens (including phenoxy) is 1. The predicted molar refractivity (Wildman–Crippen MR) is 73.4 cm³/mol. The second-order valence-corrected chi connectivity index (χ2v) is 4.18. The molecule has 2 aromatic carbocycles. The highest BCUT2D eigenvalue weighted by atomic mass is 16.5. The van der Waals surface area contributed by atoms with Crippen molar-refractivity contribution in [2.45, 2.75) is 0 Å². The van der Waals surface area contributed by atoms with Gasteiger partial charge in [0.25, 0.3) is 0 Å². The second-order valence-electron chi connectivity index (χ2n) is 4.18. The van der Waals surface area contributed by atoms with Crippen molar-refractivity contribution < 1.29 is 14.9 Å². The van der Waals surface area contributed by atoms with Crippen LogP contribution < -0.4 is 4.74 Å². The van der Waals surface area contributed by atoms with Gasteiger partial charge >= 0.3 is 0 Å². The molecule has 0 saturated heterocycles. The summed E-state index contributed by atoms with van der Waals surface area (Å²) in [5.41, 5.74) is 0.555. The number of phenolic OH excluding ortho intramolecular Hbond substituents is 2. The van der Waals surface area contributed by atoms with Gasteiger partial charge in [0, 0.05) is 0 Å². The molecular weight excluding hydrogens is 256 g/mol. The SMILES string of the molecule is Oc1ccccc1Oc1cnn(-c2ccccc2O)c1. The maximum Gasteiger partial charge on any atom is 0.169 e. The number of benzene rings is 2. The Labute approximate surface area is 115 Å². The second kappa shape index (κ2) is 4.97. The Hall–Kier alpha value is -2.95. The number of hydrogen-bond acceptors (Lipinski definition) is 4. The molecular formula is C15H12N2O3. The fraction of sp³-hybridized carbons (Fsp3) is 0. The van der Waals surface area contributed by atoms with E-state index in [4.69, 9.17) is 4.74 Å². The van der Waals surface area contributed by atoms with E-state index in [1.807, 2.05) is 0 Å². The van der Waals surface area contributed by atoms with E-state index in [0.717, 1.165) is 0 Å². The number of aromatic nitrogens is 2. The van der Waals surface area contributed by atoms with Crippen LogP contribution >= 0.6 is 0 Å². The summed E-state index contributed by atoms with van der Waals surface area (Å²) in [6.45, 7) is 0. The van der Waals surface area contributed by atoms with Crippen LogP contribution in [0.25, 0.3) is 5.69 Å². The zero-order valence-electron chi connectivity index (χ0n) is 10.5. The summed E-state index contributed by atoms with van der Waals surface area (Å²) in [5.74, 6) is 1.01. The molecule has 1 aromatic heterocycles. The minimum Gasteiger partial charge on any atom is -0.506 e. The van der Waals surface area contributed by atoms with Gasteiger partial charge in [0.05, 0.1) is 12.4 Å². The number of hydrogen-bond donors (Lipinski definition) is 2. The largest absolute Gasteiger partial charge is 0.506 e. The zero-order valence-corrected chi connectivity index (χ0v) is 10.5. The highest BCUT2D eigenvalue weighted by Gasteiger charge is 2.08. The van der Waals surface area contributed by atoms with Crippen LogP contribution in [0.5, 0.6) is 23.0 Å². The minimum atomic E-state index is 0.0582. The maximum absolute atomic E-state index is 9.77. The minimum absolute atomic E-state index is 0.0582. The molecule has 0 atom stereocenters. The van der Waals surface area contributed by atoms with E-state index < -0.39 is 0 Å². The van der Waals surface area contributed by atoms with Crippen LogP contribution in [-0.4, -0.2) is 20.0 Å². The average Bonchev–Trinajstić information content (AvgIpc) is 2.90. The van der Waals surface area contributed by atoms with Gasteiger partial charge in [0.2, 0.25) is 0 Å². The van der Waals surface area contributed by atoms with Crippen LogP contribution in [0, 0.1) is 0 Å². The molecule has 0 radical (unpaired) electrons. The summed E-state index contributed by atoms with van der Waals surface area (Å²) in [6, 6.07) is 13.6.